The van der Waals surface area contributed by atoms with Crippen LogP contribution in [-0.4, -0.2) is 63.3 Å². The molecule has 0 amide bonds. The van der Waals surface area contributed by atoms with Crippen molar-refractivity contribution in [2.24, 2.45) is 5.10 Å². The number of rotatable bonds is 9. The molecule has 1 N–H and O–H groups in total. The van der Waals surface area contributed by atoms with Gasteiger partial charge in [0.2, 0.25) is 15.2 Å². The van der Waals surface area contributed by atoms with E-state index in [1.807, 2.05) is 17.5 Å². The maximum absolute atomic E-state index is 12.8. The Morgan fingerprint density at radius 3 is 2.41 bits per heavy atom. The first-order valence-corrected chi connectivity index (χ1v) is 13.6. The van der Waals surface area contributed by atoms with Crippen molar-refractivity contribution in [1.29, 1.82) is 0 Å². The predicted molar refractivity (Wildman–Crippen MR) is 138 cm³/mol. The van der Waals surface area contributed by atoms with Crippen molar-refractivity contribution in [2.45, 2.75) is 18.7 Å². The number of aromatic nitrogens is 1. The smallest absolute Gasteiger partial charge is 0.243 e. The number of hydrogen-bond donors (Lipinski definition) is 1. The summed E-state index contributed by atoms with van der Waals surface area (Å²) in [5.74, 6) is 0. The highest BCUT2D eigenvalue weighted by atomic mass is 32.2. The van der Waals surface area contributed by atoms with Crippen molar-refractivity contribution in [3.8, 4) is 11.3 Å². The van der Waals surface area contributed by atoms with Gasteiger partial charge < -0.3 is 9.64 Å². The van der Waals surface area contributed by atoms with E-state index >= 15 is 0 Å². The number of nitrogens with one attached hydrogen (secondary N) is 1. The van der Waals surface area contributed by atoms with E-state index in [0.717, 1.165) is 29.9 Å². The average molecular weight is 500 g/mol. The quantitative estimate of drug-likeness (QED) is 0.352. The van der Waals surface area contributed by atoms with E-state index < -0.39 is 10.0 Å². The number of anilines is 2. The monoisotopic (exact) mass is 499 g/mol. The SMILES string of the molecule is CCN(CC)c1ccc(/C=N/Nc2nc(-c3ccc(S(=O)(=O)N4CCOCC4)cc3)cs2)cc1. The first-order chi connectivity index (χ1) is 16.5. The summed E-state index contributed by atoms with van der Waals surface area (Å²) in [7, 11) is -3.50. The van der Waals surface area contributed by atoms with Gasteiger partial charge in [0.05, 0.1) is 30.0 Å². The largest absolute Gasteiger partial charge is 0.379 e. The minimum atomic E-state index is -3.50. The topological polar surface area (TPSA) is 87.1 Å². The van der Waals surface area contributed by atoms with Crippen LogP contribution >= 0.6 is 11.3 Å². The number of ether oxygens (including phenoxy) is 1. The summed E-state index contributed by atoms with van der Waals surface area (Å²) >= 11 is 1.44. The lowest BCUT2D eigenvalue weighted by Crippen LogP contribution is -2.40. The van der Waals surface area contributed by atoms with Crippen LogP contribution in [0, 0.1) is 0 Å². The summed E-state index contributed by atoms with van der Waals surface area (Å²) in [6.45, 7) is 7.86. The molecule has 1 aliphatic rings. The normalized spacial score (nSPS) is 15.0. The van der Waals surface area contributed by atoms with Gasteiger partial charge in [-0.05, 0) is 43.7 Å². The molecule has 0 saturated carbocycles. The Bertz CT molecular complexity index is 1200. The standard InChI is InChI=1S/C24H29N5O3S2/c1-3-28(4-2)21-9-5-19(6-10-21)17-25-27-24-26-23(18-33-24)20-7-11-22(12-8-20)34(30,31)29-13-15-32-16-14-29/h5-12,17-18H,3-4,13-16H2,1-2H3,(H,26,27)/b25-17+. The second-order valence-corrected chi connectivity index (χ2v) is 10.5. The summed E-state index contributed by atoms with van der Waals surface area (Å²) in [5.41, 5.74) is 6.78. The van der Waals surface area contributed by atoms with Gasteiger partial charge in [0, 0.05) is 42.8 Å². The lowest BCUT2D eigenvalue weighted by Gasteiger charge is -2.26. The Balaban J connectivity index is 1.37. The molecule has 1 saturated heterocycles. The van der Waals surface area contributed by atoms with Gasteiger partial charge in [-0.2, -0.15) is 9.41 Å². The molecule has 2 heterocycles. The van der Waals surface area contributed by atoms with Crippen molar-refractivity contribution < 1.29 is 13.2 Å². The predicted octanol–water partition coefficient (Wildman–Crippen LogP) is 4.12. The fourth-order valence-corrected chi connectivity index (χ4v) is 5.79. The van der Waals surface area contributed by atoms with E-state index in [1.165, 1.54) is 21.3 Å². The average Bonchev–Trinajstić information content (AvgIpc) is 3.35. The van der Waals surface area contributed by atoms with E-state index in [-0.39, 0.29) is 4.90 Å². The maximum Gasteiger partial charge on any atom is 0.243 e. The molecule has 1 aliphatic heterocycles. The van der Waals surface area contributed by atoms with Gasteiger partial charge in [-0.1, -0.05) is 24.3 Å². The second-order valence-electron chi connectivity index (χ2n) is 7.71. The van der Waals surface area contributed by atoms with E-state index in [4.69, 9.17) is 4.74 Å². The fraction of sp³-hybridized carbons (Fsp3) is 0.333. The Morgan fingerprint density at radius 1 is 1.09 bits per heavy atom. The van der Waals surface area contributed by atoms with Crippen LogP contribution in [0.4, 0.5) is 10.8 Å². The van der Waals surface area contributed by atoms with Gasteiger partial charge in [0.25, 0.3) is 0 Å². The third kappa shape index (κ3) is 5.64. The zero-order valence-electron chi connectivity index (χ0n) is 19.3. The summed E-state index contributed by atoms with van der Waals surface area (Å²) < 4.78 is 32.3. The van der Waals surface area contributed by atoms with Gasteiger partial charge in [-0.3, -0.25) is 5.43 Å². The highest BCUT2D eigenvalue weighted by Gasteiger charge is 2.26. The molecule has 1 fully saturated rings. The van der Waals surface area contributed by atoms with Crippen LogP contribution < -0.4 is 10.3 Å². The van der Waals surface area contributed by atoms with Gasteiger partial charge >= 0.3 is 0 Å². The highest BCUT2D eigenvalue weighted by molar-refractivity contribution is 7.89. The van der Waals surface area contributed by atoms with Gasteiger partial charge in [0.1, 0.15) is 0 Å². The lowest BCUT2D eigenvalue weighted by molar-refractivity contribution is 0.0730. The van der Waals surface area contributed by atoms with E-state index in [9.17, 15) is 8.42 Å². The third-order valence-corrected chi connectivity index (χ3v) is 8.32. The molecule has 0 spiro atoms. The molecule has 1 aromatic heterocycles. The summed E-state index contributed by atoms with van der Waals surface area (Å²) in [4.78, 5) is 7.14. The molecule has 10 heteroatoms. The van der Waals surface area contributed by atoms with E-state index in [2.05, 4.69) is 46.4 Å². The number of thiazole rings is 1. The molecule has 0 unspecified atom stereocenters. The Hall–Kier alpha value is -2.79. The zero-order chi connectivity index (χ0) is 24.0. The summed E-state index contributed by atoms with van der Waals surface area (Å²) in [6.07, 6.45) is 1.76. The molecule has 3 aromatic rings. The van der Waals surface area contributed by atoms with Crippen LogP contribution in [-0.2, 0) is 14.8 Å². The number of hydrogen-bond acceptors (Lipinski definition) is 8. The molecule has 4 rings (SSSR count). The van der Waals surface area contributed by atoms with Crippen molar-refractivity contribution in [3.05, 3.63) is 59.5 Å². The molecule has 0 aliphatic carbocycles. The molecule has 0 radical (unpaired) electrons. The van der Waals surface area contributed by atoms with Crippen LogP contribution in [0.1, 0.15) is 19.4 Å². The Kier molecular flexibility index (Phi) is 7.94. The van der Waals surface area contributed by atoms with E-state index in [1.54, 1.807) is 30.5 Å². The number of nitrogens with zero attached hydrogens (tertiary/aromatic N) is 4. The van der Waals surface area contributed by atoms with E-state index in [0.29, 0.717) is 31.4 Å². The fourth-order valence-electron chi connectivity index (χ4n) is 3.71. The van der Waals surface area contributed by atoms with Crippen LogP contribution in [0.15, 0.2) is 63.9 Å². The number of sulfonamides is 1. The van der Waals surface area contributed by atoms with Crippen molar-refractivity contribution in [1.82, 2.24) is 9.29 Å². The molecule has 180 valence electrons. The van der Waals surface area contributed by atoms with Gasteiger partial charge in [-0.15, -0.1) is 11.3 Å². The second kappa shape index (κ2) is 11.1. The highest BCUT2D eigenvalue weighted by Crippen LogP contribution is 2.27. The van der Waals surface area contributed by atoms with Crippen LogP contribution in [0.5, 0.6) is 0 Å². The van der Waals surface area contributed by atoms with Gasteiger partial charge in [0.15, 0.2) is 0 Å². The van der Waals surface area contributed by atoms with Crippen LogP contribution in [0.25, 0.3) is 11.3 Å². The lowest BCUT2D eigenvalue weighted by atomic mass is 10.2. The third-order valence-electron chi connectivity index (χ3n) is 5.66. The maximum atomic E-state index is 12.8. The number of morpholine rings is 1. The zero-order valence-corrected chi connectivity index (χ0v) is 21.0. The minimum absolute atomic E-state index is 0.281. The molecule has 8 nitrogen and oxygen atoms in total. The summed E-state index contributed by atoms with van der Waals surface area (Å²) in [5, 5.41) is 6.88. The van der Waals surface area contributed by atoms with Crippen molar-refractivity contribution in [2.75, 3.05) is 49.7 Å². The number of hydrazone groups is 1. The first kappa shape index (κ1) is 24.3. The van der Waals surface area contributed by atoms with Crippen LogP contribution in [0.3, 0.4) is 0 Å². The van der Waals surface area contributed by atoms with Crippen molar-refractivity contribution >= 4 is 38.4 Å². The summed E-state index contributed by atoms with van der Waals surface area (Å²) in [6, 6.07) is 15.1. The minimum Gasteiger partial charge on any atom is -0.379 e. The molecule has 0 bridgehead atoms. The van der Waals surface area contributed by atoms with Crippen molar-refractivity contribution in [3.63, 3.8) is 0 Å². The van der Waals surface area contributed by atoms with Crippen LogP contribution in [0.2, 0.25) is 0 Å². The first-order valence-electron chi connectivity index (χ1n) is 11.3. The Morgan fingerprint density at radius 2 is 1.76 bits per heavy atom. The number of benzene rings is 2. The molecular weight excluding hydrogens is 470 g/mol. The molecule has 34 heavy (non-hydrogen) atoms. The Labute approximate surface area is 204 Å². The molecule has 0 atom stereocenters. The molecular formula is C24H29N5O3S2. The van der Waals surface area contributed by atoms with Gasteiger partial charge in [-0.25, -0.2) is 13.4 Å². The molecule has 2 aromatic carbocycles.